The quantitative estimate of drug-likeness (QED) is 0.673. The Kier molecular flexibility index (Phi) is 5.41. The summed E-state index contributed by atoms with van der Waals surface area (Å²) in [5, 5.41) is 6.47. The molecule has 0 saturated heterocycles. The smallest absolute Gasteiger partial charge is 0.302 e. The van der Waals surface area contributed by atoms with Gasteiger partial charge in [-0.1, -0.05) is 23.7 Å². The van der Waals surface area contributed by atoms with Crippen molar-refractivity contribution < 1.29 is 8.78 Å². The Morgan fingerprint density at radius 1 is 1.50 bits per heavy atom. The number of nitrogens with two attached hydrogens (primary N) is 1. The first kappa shape index (κ1) is 17.2. The summed E-state index contributed by atoms with van der Waals surface area (Å²) in [5.41, 5.74) is 8.16. The van der Waals surface area contributed by atoms with Crippen molar-refractivity contribution in [1.29, 1.82) is 0 Å². The van der Waals surface area contributed by atoms with Gasteiger partial charge in [-0.05, 0) is 40.6 Å². The highest BCUT2D eigenvalue weighted by Crippen LogP contribution is 2.27. The maximum Gasteiger partial charge on any atom is 0.302 e. The molecule has 1 heterocycles. The first-order valence-electron chi connectivity index (χ1n) is 6.64. The summed E-state index contributed by atoms with van der Waals surface area (Å²) in [5.74, 6) is 0.222. The minimum absolute atomic E-state index is 0.113. The van der Waals surface area contributed by atoms with Crippen LogP contribution in [0.2, 0.25) is 5.02 Å². The Morgan fingerprint density at radius 3 is 2.91 bits per heavy atom. The fourth-order valence-corrected chi connectivity index (χ4v) is 2.45. The van der Waals surface area contributed by atoms with Gasteiger partial charge in [0.05, 0.1) is 5.70 Å². The van der Waals surface area contributed by atoms with E-state index < -0.39 is 4.83 Å². The van der Waals surface area contributed by atoms with E-state index in [4.69, 9.17) is 17.3 Å². The lowest BCUT2D eigenvalue weighted by Gasteiger charge is -2.23. The molecule has 22 heavy (non-hydrogen) atoms. The zero-order chi connectivity index (χ0) is 16.3. The summed E-state index contributed by atoms with van der Waals surface area (Å²) in [7, 11) is 0. The lowest BCUT2D eigenvalue weighted by atomic mass is 10.0. The molecule has 0 aromatic heterocycles. The van der Waals surface area contributed by atoms with E-state index in [2.05, 4.69) is 31.6 Å². The molecular weight excluding hydrogens is 378 g/mol. The second-order valence-corrected chi connectivity index (χ2v) is 6.47. The number of guanidine groups is 1. The Balaban J connectivity index is 2.14. The van der Waals surface area contributed by atoms with Crippen LogP contribution in [-0.4, -0.2) is 23.5 Å². The average Bonchev–Trinajstić information content (AvgIpc) is 2.40. The van der Waals surface area contributed by atoms with Crippen molar-refractivity contribution in [1.82, 2.24) is 10.6 Å². The third-order valence-electron chi connectivity index (χ3n) is 3.19. The SMILES string of the molecule is Cc1c(Cl)cccc1C1=CC(NCCC(F)(F)Br)NC(N)=N1. The van der Waals surface area contributed by atoms with Crippen LogP contribution in [0.4, 0.5) is 8.78 Å². The summed E-state index contributed by atoms with van der Waals surface area (Å²) < 4.78 is 25.5. The van der Waals surface area contributed by atoms with E-state index in [-0.39, 0.29) is 25.1 Å². The lowest BCUT2D eigenvalue weighted by Crippen LogP contribution is -2.49. The molecule has 0 aliphatic carbocycles. The van der Waals surface area contributed by atoms with Crippen LogP contribution < -0.4 is 16.4 Å². The van der Waals surface area contributed by atoms with Gasteiger partial charge in [0.25, 0.3) is 0 Å². The van der Waals surface area contributed by atoms with Crippen LogP contribution in [0, 0.1) is 6.92 Å². The van der Waals surface area contributed by atoms with Crippen molar-refractivity contribution in [2.75, 3.05) is 6.54 Å². The van der Waals surface area contributed by atoms with Crippen molar-refractivity contribution in [3.05, 3.63) is 40.4 Å². The minimum Gasteiger partial charge on any atom is -0.370 e. The highest BCUT2D eigenvalue weighted by molar-refractivity contribution is 9.09. The molecule has 0 fully saturated rings. The molecule has 0 amide bonds. The van der Waals surface area contributed by atoms with Crippen molar-refractivity contribution in [2.24, 2.45) is 10.7 Å². The average molecular weight is 394 g/mol. The van der Waals surface area contributed by atoms with Crippen LogP contribution in [0.15, 0.2) is 29.3 Å². The van der Waals surface area contributed by atoms with Gasteiger partial charge in [-0.25, -0.2) is 4.99 Å². The summed E-state index contributed by atoms with van der Waals surface area (Å²) >= 11 is 8.42. The van der Waals surface area contributed by atoms with Gasteiger partial charge in [0.1, 0.15) is 6.17 Å². The van der Waals surface area contributed by atoms with Crippen molar-refractivity contribution in [3.63, 3.8) is 0 Å². The molecule has 120 valence electrons. The van der Waals surface area contributed by atoms with Gasteiger partial charge in [-0.15, -0.1) is 0 Å². The number of hydrogen-bond acceptors (Lipinski definition) is 4. The molecule has 4 N–H and O–H groups in total. The predicted molar refractivity (Wildman–Crippen MR) is 89.2 cm³/mol. The summed E-state index contributed by atoms with van der Waals surface area (Å²) in [6, 6.07) is 5.51. The van der Waals surface area contributed by atoms with E-state index in [0.29, 0.717) is 10.7 Å². The highest BCUT2D eigenvalue weighted by atomic mass is 79.9. The topological polar surface area (TPSA) is 62.4 Å². The number of nitrogens with zero attached hydrogens (tertiary/aromatic N) is 1. The fraction of sp³-hybridized carbons (Fsp3) is 0.357. The van der Waals surface area contributed by atoms with Gasteiger partial charge in [-0.3, -0.25) is 5.32 Å². The summed E-state index contributed by atoms with van der Waals surface area (Å²) in [4.78, 5) is 1.37. The second kappa shape index (κ2) is 6.93. The Hall–Kier alpha value is -1.18. The Labute approximate surface area is 140 Å². The number of hydrogen-bond donors (Lipinski definition) is 3. The van der Waals surface area contributed by atoms with Crippen LogP contribution in [0.3, 0.4) is 0 Å². The second-order valence-electron chi connectivity index (χ2n) is 4.90. The summed E-state index contributed by atoms with van der Waals surface area (Å²) in [6.45, 7) is 2.00. The van der Waals surface area contributed by atoms with Gasteiger partial charge < -0.3 is 11.1 Å². The normalized spacial score (nSPS) is 18.5. The molecule has 1 aromatic rings. The van der Waals surface area contributed by atoms with Gasteiger partial charge in [-0.2, -0.15) is 8.78 Å². The largest absolute Gasteiger partial charge is 0.370 e. The zero-order valence-electron chi connectivity index (χ0n) is 11.8. The molecule has 1 unspecified atom stereocenters. The van der Waals surface area contributed by atoms with Crippen molar-refractivity contribution >= 4 is 39.2 Å². The molecule has 0 bridgehead atoms. The van der Waals surface area contributed by atoms with Crippen LogP contribution in [0.1, 0.15) is 17.5 Å². The molecule has 0 saturated carbocycles. The summed E-state index contributed by atoms with van der Waals surface area (Å²) in [6.07, 6.45) is 1.09. The fourth-order valence-electron chi connectivity index (χ4n) is 2.07. The van der Waals surface area contributed by atoms with Gasteiger partial charge in [0.2, 0.25) is 0 Å². The van der Waals surface area contributed by atoms with Crippen LogP contribution in [0.25, 0.3) is 5.70 Å². The van der Waals surface area contributed by atoms with Crippen molar-refractivity contribution in [2.45, 2.75) is 24.3 Å². The van der Waals surface area contributed by atoms with Crippen LogP contribution in [0.5, 0.6) is 0 Å². The molecule has 1 aliphatic heterocycles. The third kappa shape index (κ3) is 4.66. The van der Waals surface area contributed by atoms with Crippen molar-refractivity contribution in [3.8, 4) is 0 Å². The maximum atomic E-state index is 12.8. The van der Waals surface area contributed by atoms with E-state index in [0.717, 1.165) is 11.1 Å². The lowest BCUT2D eigenvalue weighted by molar-refractivity contribution is 0.104. The minimum atomic E-state index is -2.88. The maximum absolute atomic E-state index is 12.8. The standard InChI is InChI=1S/C14H16BrClF2N4/c1-8-9(3-2-4-10(8)16)11-7-12(22-13(19)21-11)20-6-5-14(15,17)18/h2-4,7,12,20H,5-6H2,1H3,(H3,19,21,22). The first-order chi connectivity index (χ1) is 10.3. The predicted octanol–water partition coefficient (Wildman–Crippen LogP) is 3.20. The van der Waals surface area contributed by atoms with E-state index in [1.54, 1.807) is 12.1 Å². The number of alkyl halides is 3. The Morgan fingerprint density at radius 2 is 2.23 bits per heavy atom. The first-order valence-corrected chi connectivity index (χ1v) is 7.81. The number of halogens is 4. The van der Waals surface area contributed by atoms with Gasteiger partial charge in [0, 0.05) is 23.6 Å². The molecule has 0 spiro atoms. The molecule has 4 nitrogen and oxygen atoms in total. The van der Waals surface area contributed by atoms with Gasteiger partial charge in [0.15, 0.2) is 5.96 Å². The van der Waals surface area contributed by atoms with E-state index in [9.17, 15) is 8.78 Å². The van der Waals surface area contributed by atoms with E-state index >= 15 is 0 Å². The van der Waals surface area contributed by atoms with Crippen LogP contribution in [-0.2, 0) is 0 Å². The molecule has 0 radical (unpaired) electrons. The van der Waals surface area contributed by atoms with Gasteiger partial charge >= 0.3 is 4.83 Å². The number of rotatable bonds is 5. The molecule has 1 aromatic carbocycles. The molecule has 1 atom stereocenters. The number of benzene rings is 1. The molecular formula is C14H16BrClF2N4. The monoisotopic (exact) mass is 392 g/mol. The third-order valence-corrected chi connectivity index (χ3v) is 3.99. The molecule has 8 heteroatoms. The number of aliphatic imine (C=N–C) groups is 1. The van der Waals surface area contributed by atoms with E-state index in [1.807, 2.05) is 19.1 Å². The van der Waals surface area contributed by atoms with E-state index in [1.165, 1.54) is 0 Å². The Bertz CT molecular complexity index is 613. The molecule has 1 aliphatic rings. The number of nitrogens with one attached hydrogen (secondary N) is 2. The zero-order valence-corrected chi connectivity index (χ0v) is 14.2. The molecule has 2 rings (SSSR count). The highest BCUT2D eigenvalue weighted by Gasteiger charge is 2.24. The van der Waals surface area contributed by atoms with Crippen LogP contribution >= 0.6 is 27.5 Å².